The Morgan fingerprint density at radius 1 is 1.26 bits per heavy atom. The third kappa shape index (κ3) is 2.27. The molecule has 3 rings (SSSR count). The zero-order valence-corrected chi connectivity index (χ0v) is 11.0. The average Bonchev–Trinajstić information content (AvgIpc) is 3.08. The van der Waals surface area contributed by atoms with Crippen molar-refractivity contribution >= 4 is 0 Å². The summed E-state index contributed by atoms with van der Waals surface area (Å²) in [5.41, 5.74) is 5.46. The van der Waals surface area contributed by atoms with Crippen LogP contribution in [-0.4, -0.2) is 49.7 Å². The van der Waals surface area contributed by atoms with Crippen LogP contribution < -0.4 is 5.73 Å². The predicted molar refractivity (Wildman–Crippen MR) is 64.6 cm³/mol. The number of methoxy groups -OCH3 is 1. The molecule has 19 heavy (non-hydrogen) atoms. The molecule has 1 aromatic heterocycles. The Hall–Kier alpha value is -1.02. The molecule has 2 aliphatic heterocycles. The van der Waals surface area contributed by atoms with Crippen LogP contribution in [0.25, 0.3) is 0 Å². The lowest BCUT2D eigenvalue weighted by atomic mass is 9.93. The van der Waals surface area contributed by atoms with Crippen LogP contribution in [0.15, 0.2) is 4.52 Å². The minimum absolute atomic E-state index is 0.0185. The number of ether oxygens (including phenoxy) is 3. The number of nitrogens with two attached hydrogens (primary N) is 1. The maximum absolute atomic E-state index is 5.96. The van der Waals surface area contributed by atoms with E-state index in [1.165, 1.54) is 0 Å². The van der Waals surface area contributed by atoms with Gasteiger partial charge < -0.3 is 24.5 Å². The van der Waals surface area contributed by atoms with Crippen LogP contribution in [0.5, 0.6) is 0 Å². The maximum Gasteiger partial charge on any atom is 0.233 e. The van der Waals surface area contributed by atoms with E-state index in [1.54, 1.807) is 7.11 Å². The van der Waals surface area contributed by atoms with Crippen LogP contribution in [0.2, 0.25) is 0 Å². The highest BCUT2D eigenvalue weighted by atomic mass is 16.5. The molecule has 0 bridgehead atoms. The summed E-state index contributed by atoms with van der Waals surface area (Å²) in [6.45, 7) is 2.35. The van der Waals surface area contributed by atoms with Gasteiger partial charge in [-0.3, -0.25) is 0 Å². The minimum atomic E-state index is -0.496. The van der Waals surface area contributed by atoms with E-state index in [0.717, 1.165) is 12.8 Å². The van der Waals surface area contributed by atoms with Gasteiger partial charge in [-0.25, -0.2) is 0 Å². The Bertz CT molecular complexity index is 430. The molecule has 2 saturated heterocycles. The molecule has 3 heterocycles. The molecule has 7 nitrogen and oxygen atoms in total. The van der Waals surface area contributed by atoms with Crippen LogP contribution in [0.3, 0.4) is 0 Å². The van der Waals surface area contributed by atoms with Gasteiger partial charge in [0.2, 0.25) is 11.7 Å². The van der Waals surface area contributed by atoms with Gasteiger partial charge in [0, 0.05) is 39.2 Å². The second-order valence-corrected chi connectivity index (χ2v) is 5.07. The minimum Gasteiger partial charge on any atom is -0.381 e. The van der Waals surface area contributed by atoms with Gasteiger partial charge in [-0.15, -0.1) is 0 Å². The first-order valence-corrected chi connectivity index (χ1v) is 6.55. The van der Waals surface area contributed by atoms with Gasteiger partial charge in [-0.2, -0.15) is 4.98 Å². The quantitative estimate of drug-likeness (QED) is 0.835. The Balaban J connectivity index is 1.83. The fourth-order valence-corrected chi connectivity index (χ4v) is 2.62. The fourth-order valence-electron chi connectivity index (χ4n) is 2.62. The van der Waals surface area contributed by atoms with Crippen molar-refractivity contribution in [1.82, 2.24) is 10.1 Å². The Morgan fingerprint density at radius 3 is 2.68 bits per heavy atom. The number of hydrogen-bond acceptors (Lipinski definition) is 7. The SMILES string of the molecule is COC1(c2noc(C3COCC3N)n2)CCOCC1. The van der Waals surface area contributed by atoms with E-state index in [-0.39, 0.29) is 12.0 Å². The van der Waals surface area contributed by atoms with Crippen LogP contribution in [0.4, 0.5) is 0 Å². The molecule has 0 spiro atoms. The molecule has 0 saturated carbocycles. The predicted octanol–water partition coefficient (Wildman–Crippen LogP) is 0.163. The van der Waals surface area contributed by atoms with Crippen LogP contribution >= 0.6 is 0 Å². The van der Waals surface area contributed by atoms with E-state index >= 15 is 0 Å². The highest BCUT2D eigenvalue weighted by Gasteiger charge is 2.40. The smallest absolute Gasteiger partial charge is 0.233 e. The van der Waals surface area contributed by atoms with E-state index < -0.39 is 5.60 Å². The lowest BCUT2D eigenvalue weighted by Crippen LogP contribution is -2.36. The Kier molecular flexibility index (Phi) is 3.53. The van der Waals surface area contributed by atoms with Gasteiger partial charge >= 0.3 is 0 Å². The van der Waals surface area contributed by atoms with Gasteiger partial charge in [-0.05, 0) is 0 Å². The molecule has 0 amide bonds. The van der Waals surface area contributed by atoms with E-state index in [2.05, 4.69) is 10.1 Å². The van der Waals surface area contributed by atoms with Crippen molar-refractivity contribution in [1.29, 1.82) is 0 Å². The first-order chi connectivity index (χ1) is 9.25. The number of hydrogen-bond donors (Lipinski definition) is 1. The fraction of sp³-hybridized carbons (Fsp3) is 0.833. The van der Waals surface area contributed by atoms with Gasteiger partial charge in [0.05, 0.1) is 19.1 Å². The van der Waals surface area contributed by atoms with Gasteiger partial charge in [0.25, 0.3) is 0 Å². The molecular formula is C12H19N3O4. The topological polar surface area (TPSA) is 92.6 Å². The molecule has 7 heteroatoms. The van der Waals surface area contributed by atoms with Crippen molar-refractivity contribution in [2.24, 2.45) is 5.73 Å². The molecule has 106 valence electrons. The summed E-state index contributed by atoms with van der Waals surface area (Å²) in [4.78, 5) is 4.49. The normalized spacial score (nSPS) is 30.6. The summed E-state index contributed by atoms with van der Waals surface area (Å²) in [7, 11) is 1.67. The monoisotopic (exact) mass is 269 g/mol. The van der Waals surface area contributed by atoms with E-state index in [1.807, 2.05) is 0 Å². The summed E-state index contributed by atoms with van der Waals surface area (Å²) < 4.78 is 21.7. The summed E-state index contributed by atoms with van der Waals surface area (Å²) in [5.74, 6) is 1.12. The van der Waals surface area contributed by atoms with E-state index in [9.17, 15) is 0 Å². The van der Waals surface area contributed by atoms with Gasteiger partial charge in [0.1, 0.15) is 5.60 Å². The molecule has 2 unspecified atom stereocenters. The zero-order valence-electron chi connectivity index (χ0n) is 11.0. The maximum atomic E-state index is 5.96. The molecule has 0 aliphatic carbocycles. The first kappa shape index (κ1) is 13.0. The van der Waals surface area contributed by atoms with Crippen molar-refractivity contribution in [2.75, 3.05) is 33.5 Å². The molecule has 0 radical (unpaired) electrons. The second-order valence-electron chi connectivity index (χ2n) is 5.07. The summed E-state index contributed by atoms with van der Waals surface area (Å²) >= 11 is 0. The van der Waals surface area contributed by atoms with Crippen molar-refractivity contribution < 1.29 is 18.7 Å². The number of aromatic nitrogens is 2. The second kappa shape index (κ2) is 5.16. The summed E-state index contributed by atoms with van der Waals surface area (Å²) in [5, 5.41) is 4.08. The summed E-state index contributed by atoms with van der Waals surface area (Å²) in [6, 6.07) is -0.0820. The lowest BCUT2D eigenvalue weighted by molar-refractivity contribution is -0.101. The van der Waals surface area contributed by atoms with Crippen molar-refractivity contribution in [2.45, 2.75) is 30.4 Å². The van der Waals surface area contributed by atoms with Crippen LogP contribution in [0.1, 0.15) is 30.5 Å². The molecule has 0 aromatic carbocycles. The van der Waals surface area contributed by atoms with Gasteiger partial charge in [0.15, 0.2) is 0 Å². The van der Waals surface area contributed by atoms with Crippen LogP contribution in [-0.2, 0) is 19.8 Å². The first-order valence-electron chi connectivity index (χ1n) is 6.55. The molecule has 2 atom stereocenters. The van der Waals surface area contributed by atoms with E-state index in [4.69, 9.17) is 24.5 Å². The molecular weight excluding hydrogens is 250 g/mol. The highest BCUT2D eigenvalue weighted by molar-refractivity contribution is 5.07. The molecule has 2 aliphatic rings. The third-order valence-corrected chi connectivity index (χ3v) is 3.98. The molecule has 2 N–H and O–H groups in total. The van der Waals surface area contributed by atoms with Crippen molar-refractivity contribution in [3.8, 4) is 0 Å². The van der Waals surface area contributed by atoms with Crippen molar-refractivity contribution in [3.05, 3.63) is 11.7 Å². The number of nitrogens with zero attached hydrogens (tertiary/aromatic N) is 2. The van der Waals surface area contributed by atoms with E-state index in [0.29, 0.717) is 38.1 Å². The zero-order chi connectivity index (χ0) is 13.3. The number of rotatable bonds is 3. The van der Waals surface area contributed by atoms with Crippen LogP contribution in [0, 0.1) is 0 Å². The van der Waals surface area contributed by atoms with Crippen molar-refractivity contribution in [3.63, 3.8) is 0 Å². The lowest BCUT2D eigenvalue weighted by Gasteiger charge is -2.32. The Labute approximate surface area is 111 Å². The third-order valence-electron chi connectivity index (χ3n) is 3.98. The summed E-state index contributed by atoms with van der Waals surface area (Å²) in [6.07, 6.45) is 1.46. The van der Waals surface area contributed by atoms with Gasteiger partial charge in [-0.1, -0.05) is 5.16 Å². The molecule has 1 aromatic rings. The molecule has 2 fully saturated rings. The average molecular weight is 269 g/mol. The largest absolute Gasteiger partial charge is 0.381 e. The Morgan fingerprint density at radius 2 is 2.05 bits per heavy atom. The highest BCUT2D eigenvalue weighted by Crippen LogP contribution is 2.34. The standard InChI is InChI=1S/C12H19N3O4/c1-16-12(2-4-17-5-3-12)11-14-10(19-15-11)8-6-18-7-9(8)13/h8-9H,2-7,13H2,1H3.